The average molecular weight is 456 g/mol. The number of carbonyl (C=O) groups is 1. The zero-order chi connectivity index (χ0) is 21.8. The van der Waals surface area contributed by atoms with Crippen LogP contribution in [0.1, 0.15) is 37.1 Å². The predicted molar refractivity (Wildman–Crippen MR) is 127 cm³/mol. The van der Waals surface area contributed by atoms with E-state index in [4.69, 9.17) is 4.98 Å². The molecule has 1 amide bonds. The first kappa shape index (κ1) is 21.5. The largest absolute Gasteiger partial charge is 0.326 e. The van der Waals surface area contributed by atoms with E-state index in [1.165, 1.54) is 0 Å². The van der Waals surface area contributed by atoms with Crippen LogP contribution in [-0.4, -0.2) is 25.1 Å². The van der Waals surface area contributed by atoms with Crippen molar-refractivity contribution < 1.29 is 13.2 Å². The quantitative estimate of drug-likeness (QED) is 0.483. The number of hydrogen-bond donors (Lipinski definition) is 2. The Morgan fingerprint density at radius 2 is 1.77 bits per heavy atom. The standard InChI is InChI=1S/C23H25N3O3S2/c1-2-15-31(28,29)26-17-13-11-16(12-14-17)24-22(27)18-7-3-4-8-19(18)23-25-20-9-5-6-10-21(20)30-23/h3-6,9-14,18-19,26H,2,7-8,15H2,1H3,(H,24,27). The summed E-state index contributed by atoms with van der Waals surface area (Å²) >= 11 is 1.65. The highest BCUT2D eigenvalue weighted by atomic mass is 32.2. The first-order valence-corrected chi connectivity index (χ1v) is 12.8. The van der Waals surface area contributed by atoms with Gasteiger partial charge < -0.3 is 5.32 Å². The Balaban J connectivity index is 1.47. The van der Waals surface area contributed by atoms with Crippen LogP contribution in [0.2, 0.25) is 0 Å². The second-order valence-electron chi connectivity index (χ2n) is 7.66. The summed E-state index contributed by atoms with van der Waals surface area (Å²) in [7, 11) is -3.34. The molecule has 31 heavy (non-hydrogen) atoms. The Labute approximate surface area is 186 Å². The maximum atomic E-state index is 13.1. The van der Waals surface area contributed by atoms with E-state index in [2.05, 4.69) is 28.3 Å². The molecule has 2 atom stereocenters. The zero-order valence-corrected chi connectivity index (χ0v) is 18.9. The summed E-state index contributed by atoms with van der Waals surface area (Å²) in [6.45, 7) is 1.82. The molecule has 1 aromatic heterocycles. The number of hydrogen-bond acceptors (Lipinski definition) is 5. The number of allylic oxidation sites excluding steroid dienone is 2. The Hall–Kier alpha value is -2.71. The summed E-state index contributed by atoms with van der Waals surface area (Å²) in [5.41, 5.74) is 2.10. The number of nitrogens with zero attached hydrogens (tertiary/aromatic N) is 1. The molecule has 3 aromatic rings. The van der Waals surface area contributed by atoms with Crippen molar-refractivity contribution in [3.8, 4) is 0 Å². The minimum atomic E-state index is -3.34. The van der Waals surface area contributed by atoms with Crippen LogP contribution in [0.25, 0.3) is 10.2 Å². The van der Waals surface area contributed by atoms with Gasteiger partial charge in [-0.2, -0.15) is 0 Å². The van der Waals surface area contributed by atoms with E-state index in [-0.39, 0.29) is 23.5 Å². The third-order valence-electron chi connectivity index (χ3n) is 5.30. The molecule has 1 aliphatic carbocycles. The number of amides is 1. The van der Waals surface area contributed by atoms with Crippen molar-refractivity contribution in [2.75, 3.05) is 15.8 Å². The highest BCUT2D eigenvalue weighted by molar-refractivity contribution is 7.92. The van der Waals surface area contributed by atoms with Gasteiger partial charge in [-0.3, -0.25) is 9.52 Å². The Bertz CT molecular complexity index is 1170. The van der Waals surface area contributed by atoms with Crippen molar-refractivity contribution in [1.82, 2.24) is 4.98 Å². The molecule has 8 heteroatoms. The molecule has 4 rings (SSSR count). The minimum absolute atomic E-state index is 0.0440. The number of sulfonamides is 1. The maximum absolute atomic E-state index is 13.1. The van der Waals surface area contributed by atoms with Gasteiger partial charge in [-0.1, -0.05) is 31.2 Å². The number of aromatic nitrogens is 1. The molecule has 0 fully saturated rings. The van der Waals surface area contributed by atoms with Gasteiger partial charge in [-0.05, 0) is 55.7 Å². The van der Waals surface area contributed by atoms with Gasteiger partial charge in [0.25, 0.3) is 0 Å². The second-order valence-corrected chi connectivity index (χ2v) is 10.6. The van der Waals surface area contributed by atoms with Gasteiger partial charge in [-0.15, -0.1) is 11.3 Å². The SMILES string of the molecule is CCCS(=O)(=O)Nc1ccc(NC(=O)C2CC=CCC2c2nc3ccccc3s2)cc1. The van der Waals surface area contributed by atoms with Crippen molar-refractivity contribution in [2.24, 2.45) is 5.92 Å². The van der Waals surface area contributed by atoms with E-state index in [1.54, 1.807) is 35.6 Å². The molecule has 2 N–H and O–H groups in total. The number of anilines is 2. The van der Waals surface area contributed by atoms with Crippen LogP contribution in [-0.2, 0) is 14.8 Å². The number of rotatable bonds is 7. The van der Waals surface area contributed by atoms with Crippen molar-refractivity contribution in [3.05, 3.63) is 65.7 Å². The van der Waals surface area contributed by atoms with Gasteiger partial charge >= 0.3 is 0 Å². The van der Waals surface area contributed by atoms with E-state index in [0.29, 0.717) is 24.2 Å². The molecule has 6 nitrogen and oxygen atoms in total. The lowest BCUT2D eigenvalue weighted by atomic mass is 9.82. The van der Waals surface area contributed by atoms with Crippen molar-refractivity contribution in [3.63, 3.8) is 0 Å². The lowest BCUT2D eigenvalue weighted by Crippen LogP contribution is -2.29. The fraction of sp³-hybridized carbons (Fsp3) is 0.304. The molecule has 0 aliphatic heterocycles. The minimum Gasteiger partial charge on any atom is -0.326 e. The molecule has 2 aromatic carbocycles. The summed E-state index contributed by atoms with van der Waals surface area (Å²) in [6.07, 6.45) is 6.18. The van der Waals surface area contributed by atoms with E-state index < -0.39 is 10.0 Å². The molecule has 2 unspecified atom stereocenters. The van der Waals surface area contributed by atoms with Crippen LogP contribution in [0.3, 0.4) is 0 Å². The Morgan fingerprint density at radius 3 is 2.52 bits per heavy atom. The predicted octanol–water partition coefficient (Wildman–Crippen LogP) is 5.14. The van der Waals surface area contributed by atoms with Crippen LogP contribution >= 0.6 is 11.3 Å². The number of para-hydroxylation sites is 1. The van der Waals surface area contributed by atoms with Gasteiger partial charge in [-0.25, -0.2) is 13.4 Å². The molecule has 0 saturated carbocycles. The number of nitrogens with one attached hydrogen (secondary N) is 2. The highest BCUT2D eigenvalue weighted by Crippen LogP contribution is 2.39. The average Bonchev–Trinajstić information content (AvgIpc) is 3.19. The summed E-state index contributed by atoms with van der Waals surface area (Å²) < 4.78 is 27.5. The number of fused-ring (bicyclic) bond motifs is 1. The fourth-order valence-corrected chi connectivity index (χ4v) is 6.06. The molecule has 162 valence electrons. The van der Waals surface area contributed by atoms with Crippen LogP contribution in [0.4, 0.5) is 11.4 Å². The van der Waals surface area contributed by atoms with E-state index in [1.807, 2.05) is 25.1 Å². The normalized spacial score (nSPS) is 18.7. The van der Waals surface area contributed by atoms with E-state index in [0.717, 1.165) is 21.6 Å². The zero-order valence-electron chi connectivity index (χ0n) is 17.2. The monoisotopic (exact) mass is 455 g/mol. The van der Waals surface area contributed by atoms with Crippen LogP contribution in [0.15, 0.2) is 60.7 Å². The summed E-state index contributed by atoms with van der Waals surface area (Å²) in [6, 6.07) is 14.8. The Kier molecular flexibility index (Phi) is 6.38. The summed E-state index contributed by atoms with van der Waals surface area (Å²) in [5, 5.41) is 3.98. The first-order chi connectivity index (χ1) is 14.9. The molecule has 0 radical (unpaired) electrons. The number of thiazole rings is 1. The van der Waals surface area contributed by atoms with Crippen molar-refractivity contribution in [1.29, 1.82) is 0 Å². The van der Waals surface area contributed by atoms with Crippen molar-refractivity contribution in [2.45, 2.75) is 32.1 Å². The van der Waals surface area contributed by atoms with Gasteiger partial charge in [0, 0.05) is 17.3 Å². The maximum Gasteiger partial charge on any atom is 0.232 e. The highest BCUT2D eigenvalue weighted by Gasteiger charge is 2.32. The van der Waals surface area contributed by atoms with E-state index >= 15 is 0 Å². The van der Waals surface area contributed by atoms with Gasteiger partial charge in [0.05, 0.1) is 26.9 Å². The molecular weight excluding hydrogens is 430 g/mol. The summed E-state index contributed by atoms with van der Waals surface area (Å²) in [5.74, 6) is -0.128. The first-order valence-electron chi connectivity index (χ1n) is 10.4. The Morgan fingerprint density at radius 1 is 1.06 bits per heavy atom. The molecule has 1 heterocycles. The topological polar surface area (TPSA) is 88.2 Å². The lowest BCUT2D eigenvalue weighted by molar-refractivity contribution is -0.120. The van der Waals surface area contributed by atoms with Crippen molar-refractivity contribution >= 4 is 48.9 Å². The van der Waals surface area contributed by atoms with Gasteiger partial charge in [0.15, 0.2) is 0 Å². The molecular formula is C23H25N3O3S2. The second kappa shape index (κ2) is 9.20. The third-order valence-corrected chi connectivity index (χ3v) is 7.96. The van der Waals surface area contributed by atoms with Crippen LogP contribution in [0.5, 0.6) is 0 Å². The van der Waals surface area contributed by atoms with Gasteiger partial charge in [0.2, 0.25) is 15.9 Å². The lowest BCUT2D eigenvalue weighted by Gasteiger charge is -2.26. The van der Waals surface area contributed by atoms with Gasteiger partial charge in [0.1, 0.15) is 0 Å². The van der Waals surface area contributed by atoms with Crippen LogP contribution < -0.4 is 10.0 Å². The molecule has 0 spiro atoms. The molecule has 1 aliphatic rings. The summed E-state index contributed by atoms with van der Waals surface area (Å²) in [4.78, 5) is 17.9. The molecule has 0 saturated heterocycles. The third kappa shape index (κ3) is 5.14. The number of benzene rings is 2. The molecule has 0 bridgehead atoms. The van der Waals surface area contributed by atoms with E-state index in [9.17, 15) is 13.2 Å². The fourth-order valence-electron chi connectivity index (χ4n) is 3.78. The number of carbonyl (C=O) groups excluding carboxylic acids is 1. The van der Waals surface area contributed by atoms with Crippen LogP contribution in [0, 0.1) is 5.92 Å². The smallest absolute Gasteiger partial charge is 0.232 e.